The molecule has 4 heteroatoms. The lowest BCUT2D eigenvalue weighted by atomic mass is 10.1. The molecule has 1 atom stereocenters. The highest BCUT2D eigenvalue weighted by Crippen LogP contribution is 2.32. The van der Waals surface area contributed by atoms with E-state index < -0.39 is 0 Å². The molecule has 0 aromatic heterocycles. The molecule has 1 aliphatic rings. The van der Waals surface area contributed by atoms with E-state index in [4.69, 9.17) is 0 Å². The van der Waals surface area contributed by atoms with Gasteiger partial charge < -0.3 is 10.2 Å². The van der Waals surface area contributed by atoms with Crippen molar-refractivity contribution in [1.82, 2.24) is 10.2 Å². The Morgan fingerprint density at radius 1 is 1.56 bits per heavy atom. The van der Waals surface area contributed by atoms with Gasteiger partial charge in [0.25, 0.3) is 0 Å². The predicted molar refractivity (Wildman–Crippen MR) is 68.8 cm³/mol. The molecule has 18 heavy (non-hydrogen) atoms. The van der Waals surface area contributed by atoms with Crippen molar-refractivity contribution in [2.24, 2.45) is 0 Å². The Labute approximate surface area is 107 Å². The number of carbonyl (C=O) groups is 1. The fourth-order valence-electron chi connectivity index (χ4n) is 2.34. The van der Waals surface area contributed by atoms with E-state index >= 15 is 0 Å². The molecule has 0 saturated heterocycles. The van der Waals surface area contributed by atoms with Gasteiger partial charge in [-0.3, -0.25) is 4.79 Å². The second-order valence-corrected chi connectivity index (χ2v) is 4.69. The molecule has 0 fully saturated rings. The van der Waals surface area contributed by atoms with Crippen molar-refractivity contribution in [2.45, 2.75) is 25.8 Å². The van der Waals surface area contributed by atoms with Crippen LogP contribution in [0.4, 0.5) is 4.39 Å². The Morgan fingerprint density at radius 3 is 3.06 bits per heavy atom. The smallest absolute Gasteiger partial charge is 0.236 e. The van der Waals surface area contributed by atoms with Crippen LogP contribution in [0.25, 0.3) is 0 Å². The van der Waals surface area contributed by atoms with Gasteiger partial charge in [0, 0.05) is 19.6 Å². The number of rotatable bonds is 4. The second kappa shape index (κ2) is 5.48. The van der Waals surface area contributed by atoms with Gasteiger partial charge in [-0.05, 0) is 37.0 Å². The van der Waals surface area contributed by atoms with E-state index in [9.17, 15) is 9.18 Å². The zero-order valence-electron chi connectivity index (χ0n) is 10.9. The molecule has 98 valence electrons. The standard InChI is InChI=1S/C14H19FN2O/c1-3-17(2)14(18)9-16-13-8-7-10-11(13)5-4-6-12(10)15/h4-6,13,16H,3,7-9H2,1-2H3. The Balaban J connectivity index is 1.98. The summed E-state index contributed by atoms with van der Waals surface area (Å²) >= 11 is 0. The van der Waals surface area contributed by atoms with Crippen LogP contribution in [0.1, 0.15) is 30.5 Å². The maximum absolute atomic E-state index is 13.5. The van der Waals surface area contributed by atoms with Crippen molar-refractivity contribution < 1.29 is 9.18 Å². The van der Waals surface area contributed by atoms with E-state index in [1.165, 1.54) is 6.07 Å². The highest BCUT2D eigenvalue weighted by atomic mass is 19.1. The minimum absolute atomic E-state index is 0.0716. The van der Waals surface area contributed by atoms with Gasteiger partial charge in [-0.1, -0.05) is 12.1 Å². The number of carbonyl (C=O) groups excluding carboxylic acids is 1. The average molecular weight is 250 g/mol. The summed E-state index contributed by atoms with van der Waals surface area (Å²) in [5.41, 5.74) is 1.80. The first-order chi connectivity index (χ1) is 8.63. The Bertz CT molecular complexity index is 447. The summed E-state index contributed by atoms with van der Waals surface area (Å²) in [7, 11) is 1.78. The molecule has 1 unspecified atom stereocenters. The molecule has 0 saturated carbocycles. The quantitative estimate of drug-likeness (QED) is 0.885. The number of fused-ring (bicyclic) bond motifs is 1. The number of amides is 1. The third kappa shape index (κ3) is 2.53. The molecule has 1 N–H and O–H groups in total. The number of hydrogen-bond donors (Lipinski definition) is 1. The van der Waals surface area contributed by atoms with Crippen LogP contribution in [0.2, 0.25) is 0 Å². The van der Waals surface area contributed by atoms with E-state index in [0.29, 0.717) is 13.1 Å². The predicted octanol–water partition coefficient (Wildman–Crippen LogP) is 1.88. The molecule has 1 aromatic carbocycles. The number of nitrogens with one attached hydrogen (secondary N) is 1. The van der Waals surface area contributed by atoms with Gasteiger partial charge in [0.1, 0.15) is 5.82 Å². The van der Waals surface area contributed by atoms with Crippen LogP contribution < -0.4 is 5.32 Å². The van der Waals surface area contributed by atoms with Gasteiger partial charge in [0.2, 0.25) is 5.91 Å². The van der Waals surface area contributed by atoms with Crippen molar-refractivity contribution in [3.05, 3.63) is 35.1 Å². The number of halogens is 1. The highest BCUT2D eigenvalue weighted by Gasteiger charge is 2.24. The molecule has 0 radical (unpaired) electrons. The first-order valence-corrected chi connectivity index (χ1v) is 6.38. The van der Waals surface area contributed by atoms with Crippen LogP contribution in [0, 0.1) is 5.82 Å². The van der Waals surface area contributed by atoms with Gasteiger partial charge in [0.15, 0.2) is 0 Å². The summed E-state index contributed by atoms with van der Waals surface area (Å²) < 4.78 is 13.5. The van der Waals surface area contributed by atoms with Crippen molar-refractivity contribution >= 4 is 5.91 Å². The van der Waals surface area contributed by atoms with Crippen molar-refractivity contribution in [2.75, 3.05) is 20.1 Å². The van der Waals surface area contributed by atoms with Crippen LogP contribution in [0.5, 0.6) is 0 Å². The third-order valence-electron chi connectivity index (χ3n) is 3.61. The zero-order valence-corrected chi connectivity index (χ0v) is 10.9. The maximum atomic E-state index is 13.5. The van der Waals surface area contributed by atoms with E-state index in [2.05, 4.69) is 5.32 Å². The second-order valence-electron chi connectivity index (χ2n) is 4.69. The van der Waals surface area contributed by atoms with E-state index in [0.717, 1.165) is 24.0 Å². The summed E-state index contributed by atoms with van der Waals surface area (Å²) in [6.07, 6.45) is 1.61. The summed E-state index contributed by atoms with van der Waals surface area (Å²) in [6.45, 7) is 2.96. The molecular weight excluding hydrogens is 231 g/mol. The molecule has 1 amide bonds. The summed E-state index contributed by atoms with van der Waals surface area (Å²) in [4.78, 5) is 13.4. The first kappa shape index (κ1) is 13.0. The minimum atomic E-state index is -0.131. The number of benzene rings is 1. The van der Waals surface area contributed by atoms with Gasteiger partial charge in [-0.15, -0.1) is 0 Å². The fraction of sp³-hybridized carbons (Fsp3) is 0.500. The van der Waals surface area contributed by atoms with Crippen molar-refractivity contribution in [3.8, 4) is 0 Å². The number of nitrogens with zero attached hydrogens (tertiary/aromatic N) is 1. The molecule has 0 bridgehead atoms. The van der Waals surface area contributed by atoms with Gasteiger partial charge >= 0.3 is 0 Å². The molecule has 3 nitrogen and oxygen atoms in total. The fourth-order valence-corrected chi connectivity index (χ4v) is 2.34. The van der Waals surface area contributed by atoms with E-state index in [1.54, 1.807) is 18.0 Å². The molecule has 2 rings (SSSR count). The average Bonchev–Trinajstić information content (AvgIpc) is 2.79. The SMILES string of the molecule is CCN(C)C(=O)CNC1CCc2c(F)cccc21. The molecule has 0 aliphatic heterocycles. The molecule has 1 aromatic rings. The largest absolute Gasteiger partial charge is 0.345 e. The topological polar surface area (TPSA) is 32.3 Å². The summed E-state index contributed by atoms with van der Waals surface area (Å²) in [6, 6.07) is 5.27. The lowest BCUT2D eigenvalue weighted by molar-refractivity contribution is -0.128. The highest BCUT2D eigenvalue weighted by molar-refractivity contribution is 5.78. The minimum Gasteiger partial charge on any atom is -0.345 e. The van der Waals surface area contributed by atoms with Gasteiger partial charge in [-0.25, -0.2) is 4.39 Å². The molecular formula is C14H19FN2O. The van der Waals surface area contributed by atoms with Crippen molar-refractivity contribution in [1.29, 1.82) is 0 Å². The van der Waals surface area contributed by atoms with E-state index in [1.807, 2.05) is 13.0 Å². The van der Waals surface area contributed by atoms with E-state index in [-0.39, 0.29) is 17.8 Å². The van der Waals surface area contributed by atoms with Crippen LogP contribution >= 0.6 is 0 Å². The van der Waals surface area contributed by atoms with Gasteiger partial charge in [-0.2, -0.15) is 0 Å². The first-order valence-electron chi connectivity index (χ1n) is 6.38. The third-order valence-corrected chi connectivity index (χ3v) is 3.61. The van der Waals surface area contributed by atoms with Crippen molar-refractivity contribution in [3.63, 3.8) is 0 Å². The Morgan fingerprint density at radius 2 is 2.33 bits per heavy atom. The number of likely N-dealkylation sites (N-methyl/N-ethyl adjacent to an activating group) is 1. The van der Waals surface area contributed by atoms with Crippen LogP contribution in [0.3, 0.4) is 0 Å². The van der Waals surface area contributed by atoms with Crippen LogP contribution in [-0.2, 0) is 11.2 Å². The zero-order chi connectivity index (χ0) is 13.1. The molecule has 1 aliphatic carbocycles. The Kier molecular flexibility index (Phi) is 3.97. The number of hydrogen-bond acceptors (Lipinski definition) is 2. The lowest BCUT2D eigenvalue weighted by Gasteiger charge is -2.18. The van der Waals surface area contributed by atoms with Gasteiger partial charge in [0.05, 0.1) is 6.54 Å². The maximum Gasteiger partial charge on any atom is 0.236 e. The van der Waals surface area contributed by atoms with Crippen LogP contribution in [-0.4, -0.2) is 30.9 Å². The lowest BCUT2D eigenvalue weighted by Crippen LogP contribution is -2.36. The monoisotopic (exact) mass is 250 g/mol. The molecule has 0 spiro atoms. The molecule has 0 heterocycles. The normalized spacial score (nSPS) is 17.6. The van der Waals surface area contributed by atoms with Crippen LogP contribution in [0.15, 0.2) is 18.2 Å². The summed E-state index contributed by atoms with van der Waals surface area (Å²) in [5, 5.41) is 3.22. The Hall–Kier alpha value is -1.42. The summed E-state index contributed by atoms with van der Waals surface area (Å²) in [5.74, 6) is -0.0591.